The molecule has 0 radical (unpaired) electrons. The summed E-state index contributed by atoms with van der Waals surface area (Å²) in [5.74, 6) is -0.734. The van der Waals surface area contributed by atoms with Gasteiger partial charge in [0.05, 0.1) is 12.5 Å². The van der Waals surface area contributed by atoms with Crippen LogP contribution in [0.5, 0.6) is 0 Å². The molecule has 0 spiro atoms. The first-order chi connectivity index (χ1) is 6.72. The fourth-order valence-corrected chi connectivity index (χ4v) is 1.14. The van der Waals surface area contributed by atoms with E-state index in [1.165, 1.54) is 0 Å². The fourth-order valence-electron chi connectivity index (χ4n) is 1.14. The Bertz CT molecular complexity index is 166. The van der Waals surface area contributed by atoms with E-state index in [1.54, 1.807) is 6.92 Å². The molecule has 0 atom stereocenters. The molecule has 0 saturated carbocycles. The lowest BCUT2D eigenvalue weighted by atomic mass is 9.99. The van der Waals surface area contributed by atoms with E-state index in [1.807, 2.05) is 0 Å². The van der Waals surface area contributed by atoms with Gasteiger partial charge < -0.3 is 15.2 Å². The summed E-state index contributed by atoms with van der Waals surface area (Å²) in [6.45, 7) is 4.38. The van der Waals surface area contributed by atoms with Crippen LogP contribution in [0.3, 0.4) is 0 Å². The monoisotopic (exact) mass is 203 g/mol. The van der Waals surface area contributed by atoms with Crippen LogP contribution in [-0.2, 0) is 14.3 Å². The standard InChI is InChI=1S/C6H11NO2.C3H6O2/c8-6(9)5-1-3-7-4-2-5;1-2-5-3-4/h5,7H,1-4H2,(H,8,9);3H,2H2,1H3. The molecule has 0 amide bonds. The molecule has 1 heterocycles. The summed E-state index contributed by atoms with van der Waals surface area (Å²) >= 11 is 0. The molecule has 2 N–H and O–H groups in total. The van der Waals surface area contributed by atoms with Gasteiger partial charge in [-0.3, -0.25) is 9.59 Å². The minimum absolute atomic E-state index is 0.0914. The van der Waals surface area contributed by atoms with Crippen LogP contribution in [0.1, 0.15) is 19.8 Å². The van der Waals surface area contributed by atoms with E-state index in [2.05, 4.69) is 10.1 Å². The summed E-state index contributed by atoms with van der Waals surface area (Å²) in [6, 6.07) is 0. The first-order valence-corrected chi connectivity index (χ1v) is 4.71. The van der Waals surface area contributed by atoms with Crippen LogP contribution in [0, 0.1) is 5.92 Å². The zero-order chi connectivity index (χ0) is 10.8. The molecule has 5 heteroatoms. The third-order valence-electron chi connectivity index (χ3n) is 1.92. The molecule has 0 unspecified atom stereocenters. The molecule has 0 aromatic rings. The highest BCUT2D eigenvalue weighted by Gasteiger charge is 2.18. The van der Waals surface area contributed by atoms with E-state index in [0.29, 0.717) is 13.1 Å². The number of nitrogens with one attached hydrogen (secondary N) is 1. The lowest BCUT2D eigenvalue weighted by Gasteiger charge is -2.17. The van der Waals surface area contributed by atoms with Crippen molar-refractivity contribution in [1.82, 2.24) is 5.32 Å². The minimum atomic E-state index is -0.642. The maximum absolute atomic E-state index is 10.3. The number of rotatable bonds is 3. The van der Waals surface area contributed by atoms with Crippen molar-refractivity contribution in [2.45, 2.75) is 19.8 Å². The van der Waals surface area contributed by atoms with E-state index in [4.69, 9.17) is 5.11 Å². The lowest BCUT2D eigenvalue weighted by Crippen LogP contribution is -2.31. The van der Waals surface area contributed by atoms with Crippen molar-refractivity contribution in [3.8, 4) is 0 Å². The number of ether oxygens (including phenoxy) is 1. The average Bonchev–Trinajstić information content (AvgIpc) is 2.21. The van der Waals surface area contributed by atoms with Crippen molar-refractivity contribution in [2.24, 2.45) is 5.92 Å². The SMILES string of the molecule is CCOC=O.O=C(O)C1CCNCC1. The first kappa shape index (κ1) is 12.9. The molecule has 0 aromatic carbocycles. The Balaban J connectivity index is 0.000000292. The third-order valence-corrected chi connectivity index (χ3v) is 1.92. The zero-order valence-corrected chi connectivity index (χ0v) is 8.36. The van der Waals surface area contributed by atoms with Crippen molar-refractivity contribution in [3.05, 3.63) is 0 Å². The van der Waals surface area contributed by atoms with Gasteiger partial charge in [0.15, 0.2) is 0 Å². The highest BCUT2D eigenvalue weighted by Crippen LogP contribution is 2.10. The Morgan fingerprint density at radius 3 is 2.36 bits per heavy atom. The van der Waals surface area contributed by atoms with Crippen LogP contribution >= 0.6 is 0 Å². The Hall–Kier alpha value is -1.10. The van der Waals surface area contributed by atoms with Crippen molar-refractivity contribution < 1.29 is 19.4 Å². The Morgan fingerprint density at radius 1 is 1.57 bits per heavy atom. The van der Waals surface area contributed by atoms with Crippen LogP contribution in [0.25, 0.3) is 0 Å². The van der Waals surface area contributed by atoms with E-state index in [0.717, 1.165) is 25.9 Å². The lowest BCUT2D eigenvalue weighted by molar-refractivity contribution is -0.142. The molecule has 14 heavy (non-hydrogen) atoms. The maximum atomic E-state index is 10.3. The molecular formula is C9H17NO4. The quantitative estimate of drug-likeness (QED) is 0.643. The molecule has 0 aromatic heterocycles. The van der Waals surface area contributed by atoms with Crippen LogP contribution in [-0.4, -0.2) is 37.2 Å². The van der Waals surface area contributed by atoms with E-state index in [-0.39, 0.29) is 5.92 Å². The smallest absolute Gasteiger partial charge is 0.306 e. The summed E-state index contributed by atoms with van der Waals surface area (Å²) in [6.07, 6.45) is 1.57. The molecule has 0 bridgehead atoms. The summed E-state index contributed by atoms with van der Waals surface area (Å²) < 4.78 is 4.15. The largest absolute Gasteiger partial charge is 0.481 e. The Kier molecular flexibility index (Phi) is 7.83. The highest BCUT2D eigenvalue weighted by atomic mass is 16.5. The van der Waals surface area contributed by atoms with Gasteiger partial charge in [-0.15, -0.1) is 0 Å². The van der Waals surface area contributed by atoms with E-state index >= 15 is 0 Å². The summed E-state index contributed by atoms with van der Waals surface area (Å²) in [4.78, 5) is 19.5. The predicted octanol–water partition coefficient (Wildman–Crippen LogP) is 0.250. The normalized spacial score (nSPS) is 16.4. The van der Waals surface area contributed by atoms with Gasteiger partial charge in [0.1, 0.15) is 0 Å². The number of piperidine rings is 1. The minimum Gasteiger partial charge on any atom is -0.481 e. The molecule has 0 aliphatic carbocycles. The van der Waals surface area contributed by atoms with Gasteiger partial charge >= 0.3 is 5.97 Å². The molecular weight excluding hydrogens is 186 g/mol. The zero-order valence-electron chi connectivity index (χ0n) is 8.36. The van der Waals surface area contributed by atoms with Crippen molar-refractivity contribution >= 4 is 12.4 Å². The van der Waals surface area contributed by atoms with Gasteiger partial charge in [-0.2, -0.15) is 0 Å². The second-order valence-electron chi connectivity index (χ2n) is 2.91. The van der Waals surface area contributed by atoms with Gasteiger partial charge in [-0.1, -0.05) is 0 Å². The summed E-state index contributed by atoms with van der Waals surface area (Å²) in [5.41, 5.74) is 0. The number of aliphatic carboxylic acids is 1. The van der Waals surface area contributed by atoms with Crippen LogP contribution < -0.4 is 5.32 Å². The number of carbonyl (C=O) groups excluding carboxylic acids is 1. The van der Waals surface area contributed by atoms with Crippen molar-refractivity contribution in [2.75, 3.05) is 19.7 Å². The second-order valence-corrected chi connectivity index (χ2v) is 2.91. The van der Waals surface area contributed by atoms with Crippen LogP contribution in [0.2, 0.25) is 0 Å². The molecule has 1 saturated heterocycles. The van der Waals surface area contributed by atoms with Crippen molar-refractivity contribution in [3.63, 3.8) is 0 Å². The predicted molar refractivity (Wildman–Crippen MR) is 50.9 cm³/mol. The third kappa shape index (κ3) is 6.42. The molecule has 5 nitrogen and oxygen atoms in total. The number of carboxylic acid groups (broad SMARTS) is 1. The van der Waals surface area contributed by atoms with Crippen LogP contribution in [0.4, 0.5) is 0 Å². The number of carboxylic acids is 1. The number of carbonyl (C=O) groups is 2. The summed E-state index contributed by atoms with van der Waals surface area (Å²) in [7, 11) is 0. The molecule has 1 aliphatic heterocycles. The van der Waals surface area contributed by atoms with E-state index < -0.39 is 5.97 Å². The van der Waals surface area contributed by atoms with Crippen LogP contribution in [0.15, 0.2) is 0 Å². The molecule has 1 rings (SSSR count). The van der Waals surface area contributed by atoms with Gasteiger partial charge in [-0.05, 0) is 32.9 Å². The topological polar surface area (TPSA) is 75.6 Å². The Morgan fingerprint density at radius 2 is 2.14 bits per heavy atom. The van der Waals surface area contributed by atoms with Gasteiger partial charge in [0, 0.05) is 0 Å². The molecule has 82 valence electrons. The van der Waals surface area contributed by atoms with Crippen molar-refractivity contribution in [1.29, 1.82) is 0 Å². The average molecular weight is 203 g/mol. The highest BCUT2D eigenvalue weighted by molar-refractivity contribution is 5.70. The first-order valence-electron chi connectivity index (χ1n) is 4.71. The molecule has 1 aliphatic rings. The van der Waals surface area contributed by atoms with E-state index in [9.17, 15) is 9.59 Å². The van der Waals surface area contributed by atoms with Gasteiger partial charge in [0.2, 0.25) is 0 Å². The second kappa shape index (κ2) is 8.50. The number of hydrogen-bond acceptors (Lipinski definition) is 4. The molecule has 1 fully saturated rings. The van der Waals surface area contributed by atoms with Gasteiger partial charge in [-0.25, -0.2) is 0 Å². The van der Waals surface area contributed by atoms with Gasteiger partial charge in [0.25, 0.3) is 6.47 Å². The Labute approximate surface area is 83.4 Å². The maximum Gasteiger partial charge on any atom is 0.306 e. The fraction of sp³-hybridized carbons (Fsp3) is 0.778. The summed E-state index contributed by atoms with van der Waals surface area (Å²) in [5, 5.41) is 11.6. The number of hydrogen-bond donors (Lipinski definition) is 2.